The number of hydrogen-bond donors (Lipinski definition) is 1. The summed E-state index contributed by atoms with van der Waals surface area (Å²) in [5, 5.41) is 2.94. The van der Waals surface area contributed by atoms with Crippen LogP contribution in [0.4, 0.5) is 0 Å². The Labute approximate surface area is 105 Å². The molecule has 1 aliphatic rings. The summed E-state index contributed by atoms with van der Waals surface area (Å²) in [5.41, 5.74) is 0. The van der Waals surface area contributed by atoms with Crippen LogP contribution in [0.1, 0.15) is 27.7 Å². The van der Waals surface area contributed by atoms with Crippen LogP contribution in [0.15, 0.2) is 0 Å². The third-order valence-electron chi connectivity index (χ3n) is 2.87. The first-order valence-electron chi connectivity index (χ1n) is 6.60. The number of morpholine rings is 1. The highest BCUT2D eigenvalue weighted by atomic mass is 16.5. The Balaban J connectivity index is 2.27. The highest BCUT2D eigenvalue weighted by molar-refractivity contribution is 5.77. The first-order valence-corrected chi connectivity index (χ1v) is 6.60. The maximum atomic E-state index is 11.5. The fourth-order valence-corrected chi connectivity index (χ4v) is 2.00. The van der Waals surface area contributed by atoms with E-state index < -0.39 is 0 Å². The number of ether oxygens (including phenoxy) is 1. The zero-order valence-electron chi connectivity index (χ0n) is 11.5. The highest BCUT2D eigenvalue weighted by Crippen LogP contribution is 2.07. The van der Waals surface area contributed by atoms with E-state index >= 15 is 0 Å². The van der Waals surface area contributed by atoms with Gasteiger partial charge in [-0.25, -0.2) is 0 Å². The van der Waals surface area contributed by atoms with Gasteiger partial charge in [0.2, 0.25) is 5.91 Å². The van der Waals surface area contributed by atoms with Crippen LogP contribution < -0.4 is 5.32 Å². The van der Waals surface area contributed by atoms with Crippen molar-refractivity contribution in [3.05, 3.63) is 0 Å². The fourth-order valence-electron chi connectivity index (χ4n) is 2.00. The summed E-state index contributed by atoms with van der Waals surface area (Å²) >= 11 is 0. The van der Waals surface area contributed by atoms with Crippen molar-refractivity contribution in [2.24, 2.45) is 11.8 Å². The van der Waals surface area contributed by atoms with Crippen LogP contribution in [0.25, 0.3) is 0 Å². The number of nitrogens with one attached hydrogen (secondary N) is 1. The van der Waals surface area contributed by atoms with E-state index in [0.29, 0.717) is 12.5 Å². The van der Waals surface area contributed by atoms with Gasteiger partial charge in [0, 0.05) is 32.1 Å². The van der Waals surface area contributed by atoms with E-state index in [1.807, 2.05) is 13.8 Å². The number of carbonyl (C=O) groups excluding carboxylic acids is 1. The Kier molecular flexibility index (Phi) is 5.92. The predicted molar refractivity (Wildman–Crippen MR) is 68.9 cm³/mol. The molecule has 1 N–H and O–H groups in total. The minimum atomic E-state index is 0.0466. The lowest BCUT2D eigenvalue weighted by atomic mass is 10.1. The third-order valence-corrected chi connectivity index (χ3v) is 2.87. The SMILES string of the molecule is CC(C)CN1CCO[C@@H](CNC(=O)C(C)C)C1. The van der Waals surface area contributed by atoms with E-state index in [2.05, 4.69) is 24.1 Å². The second kappa shape index (κ2) is 6.97. The monoisotopic (exact) mass is 242 g/mol. The van der Waals surface area contributed by atoms with Gasteiger partial charge in [0.15, 0.2) is 0 Å². The molecule has 0 aromatic heterocycles. The fraction of sp³-hybridized carbons (Fsp3) is 0.923. The summed E-state index contributed by atoms with van der Waals surface area (Å²) in [5.74, 6) is 0.832. The molecule has 0 aromatic rings. The number of amides is 1. The van der Waals surface area contributed by atoms with Crippen molar-refractivity contribution in [1.82, 2.24) is 10.2 Å². The van der Waals surface area contributed by atoms with Gasteiger partial charge in [-0.05, 0) is 5.92 Å². The zero-order valence-corrected chi connectivity index (χ0v) is 11.5. The molecule has 0 unspecified atom stereocenters. The van der Waals surface area contributed by atoms with Gasteiger partial charge in [-0.15, -0.1) is 0 Å². The topological polar surface area (TPSA) is 41.6 Å². The second-order valence-electron chi connectivity index (χ2n) is 5.55. The first-order chi connectivity index (χ1) is 7.99. The second-order valence-corrected chi connectivity index (χ2v) is 5.55. The molecule has 0 spiro atoms. The van der Waals surface area contributed by atoms with Crippen molar-refractivity contribution in [3.8, 4) is 0 Å². The summed E-state index contributed by atoms with van der Waals surface area (Å²) < 4.78 is 5.66. The Morgan fingerprint density at radius 3 is 2.71 bits per heavy atom. The molecule has 1 rings (SSSR count). The van der Waals surface area contributed by atoms with Gasteiger partial charge >= 0.3 is 0 Å². The maximum Gasteiger partial charge on any atom is 0.222 e. The van der Waals surface area contributed by atoms with Crippen LogP contribution in [-0.4, -0.2) is 49.7 Å². The molecule has 100 valence electrons. The zero-order chi connectivity index (χ0) is 12.8. The minimum Gasteiger partial charge on any atom is -0.374 e. The van der Waals surface area contributed by atoms with Gasteiger partial charge in [-0.3, -0.25) is 9.69 Å². The molecule has 1 atom stereocenters. The van der Waals surface area contributed by atoms with E-state index in [0.717, 1.165) is 26.2 Å². The first kappa shape index (κ1) is 14.5. The van der Waals surface area contributed by atoms with Gasteiger partial charge in [0.25, 0.3) is 0 Å². The van der Waals surface area contributed by atoms with E-state index in [4.69, 9.17) is 4.74 Å². The maximum absolute atomic E-state index is 11.5. The van der Waals surface area contributed by atoms with Gasteiger partial charge in [0.05, 0.1) is 12.7 Å². The number of hydrogen-bond acceptors (Lipinski definition) is 3. The van der Waals surface area contributed by atoms with Crippen LogP contribution in [0.3, 0.4) is 0 Å². The lowest BCUT2D eigenvalue weighted by Crippen LogP contribution is -2.48. The van der Waals surface area contributed by atoms with Crippen molar-refractivity contribution >= 4 is 5.91 Å². The van der Waals surface area contributed by atoms with Crippen LogP contribution in [0.2, 0.25) is 0 Å². The number of carbonyl (C=O) groups is 1. The highest BCUT2D eigenvalue weighted by Gasteiger charge is 2.21. The van der Waals surface area contributed by atoms with Gasteiger partial charge in [-0.2, -0.15) is 0 Å². The van der Waals surface area contributed by atoms with Crippen molar-refractivity contribution in [1.29, 1.82) is 0 Å². The average molecular weight is 242 g/mol. The third kappa shape index (κ3) is 5.50. The molecule has 1 fully saturated rings. The van der Waals surface area contributed by atoms with E-state index in [9.17, 15) is 4.79 Å². The van der Waals surface area contributed by atoms with Gasteiger partial charge in [0.1, 0.15) is 0 Å². The normalized spacial score (nSPS) is 22.1. The number of nitrogens with zero attached hydrogens (tertiary/aromatic N) is 1. The Morgan fingerprint density at radius 1 is 1.41 bits per heavy atom. The Hall–Kier alpha value is -0.610. The molecular formula is C13H26N2O2. The lowest BCUT2D eigenvalue weighted by molar-refractivity contribution is -0.125. The molecule has 0 bridgehead atoms. The van der Waals surface area contributed by atoms with Gasteiger partial charge in [-0.1, -0.05) is 27.7 Å². The van der Waals surface area contributed by atoms with Crippen molar-refractivity contribution in [2.75, 3.05) is 32.8 Å². The van der Waals surface area contributed by atoms with E-state index in [1.165, 1.54) is 0 Å². The molecular weight excluding hydrogens is 216 g/mol. The van der Waals surface area contributed by atoms with Crippen molar-refractivity contribution < 1.29 is 9.53 Å². The van der Waals surface area contributed by atoms with Crippen LogP contribution in [0, 0.1) is 11.8 Å². The smallest absolute Gasteiger partial charge is 0.222 e. The molecule has 0 aliphatic carbocycles. The largest absolute Gasteiger partial charge is 0.374 e. The summed E-state index contributed by atoms with van der Waals surface area (Å²) in [7, 11) is 0. The van der Waals surface area contributed by atoms with Crippen LogP contribution >= 0.6 is 0 Å². The Morgan fingerprint density at radius 2 is 2.12 bits per heavy atom. The van der Waals surface area contributed by atoms with Crippen LogP contribution in [-0.2, 0) is 9.53 Å². The summed E-state index contributed by atoms with van der Waals surface area (Å²) in [6, 6.07) is 0. The average Bonchev–Trinajstić information content (AvgIpc) is 2.25. The molecule has 1 heterocycles. The molecule has 0 aromatic carbocycles. The van der Waals surface area contributed by atoms with E-state index in [-0.39, 0.29) is 17.9 Å². The summed E-state index contributed by atoms with van der Waals surface area (Å²) in [4.78, 5) is 13.9. The quantitative estimate of drug-likeness (QED) is 0.785. The van der Waals surface area contributed by atoms with Crippen molar-refractivity contribution in [3.63, 3.8) is 0 Å². The Bertz CT molecular complexity index is 242. The van der Waals surface area contributed by atoms with Gasteiger partial charge < -0.3 is 10.1 Å². The molecule has 1 saturated heterocycles. The van der Waals surface area contributed by atoms with Crippen molar-refractivity contribution in [2.45, 2.75) is 33.8 Å². The van der Waals surface area contributed by atoms with E-state index in [1.54, 1.807) is 0 Å². The molecule has 4 heteroatoms. The summed E-state index contributed by atoms with van der Waals surface area (Å²) in [6.07, 6.45) is 0.144. The summed E-state index contributed by atoms with van der Waals surface area (Å²) in [6.45, 7) is 12.7. The predicted octanol–water partition coefficient (Wildman–Crippen LogP) is 1.12. The standard InChI is InChI=1S/C13H26N2O2/c1-10(2)8-15-5-6-17-12(9-15)7-14-13(16)11(3)4/h10-12H,5-9H2,1-4H3,(H,14,16)/t12-/m0/s1. The molecule has 4 nitrogen and oxygen atoms in total. The lowest BCUT2D eigenvalue weighted by Gasteiger charge is -2.34. The molecule has 0 saturated carbocycles. The molecule has 17 heavy (non-hydrogen) atoms. The number of rotatable bonds is 5. The van der Waals surface area contributed by atoms with Crippen LogP contribution in [0.5, 0.6) is 0 Å². The minimum absolute atomic E-state index is 0.0466. The molecule has 0 radical (unpaired) electrons. The molecule has 1 amide bonds. The molecule has 1 aliphatic heterocycles.